The monoisotopic (exact) mass is 301 g/mol. The number of aliphatic hydroxyl groups is 1. The molecule has 21 heavy (non-hydrogen) atoms. The molecule has 1 aliphatic rings. The zero-order valence-corrected chi connectivity index (χ0v) is 14.2. The minimum atomic E-state index is -0.575. The van der Waals surface area contributed by atoms with E-state index in [2.05, 4.69) is 36.9 Å². The van der Waals surface area contributed by atoms with E-state index >= 15 is 0 Å². The van der Waals surface area contributed by atoms with Crippen molar-refractivity contribution >= 4 is 0 Å². The smallest absolute Gasteiger partial charge is 0.106 e. The average Bonchev–Trinajstić information content (AvgIpc) is 3.21. The van der Waals surface area contributed by atoms with E-state index in [1.807, 2.05) is 0 Å². The molecular formula is C16H35N3O2. The maximum absolute atomic E-state index is 9.78. The van der Waals surface area contributed by atoms with Crippen molar-refractivity contribution in [2.75, 3.05) is 6.54 Å². The molecule has 0 aromatic carbocycles. The molecule has 1 fully saturated rings. The summed E-state index contributed by atoms with van der Waals surface area (Å²) in [6, 6.07) is 0. The van der Waals surface area contributed by atoms with Gasteiger partial charge in [-0.2, -0.15) is 5.48 Å². The molecule has 5 nitrogen and oxygen atoms in total. The average molecular weight is 301 g/mol. The first-order valence-electron chi connectivity index (χ1n) is 8.52. The molecule has 0 bridgehead atoms. The van der Waals surface area contributed by atoms with Gasteiger partial charge in [-0.15, -0.1) is 0 Å². The molecule has 3 unspecified atom stereocenters. The standard InChI is InChI=1S/C16H35N3O2/c1-5-14(11-12(2)3)16(8-9-16)17-10-6-7-15(20)18-13(4)19-21/h12-15,17-21H,5-11H2,1-4H3. The van der Waals surface area contributed by atoms with Gasteiger partial charge in [-0.25, -0.2) is 0 Å². The van der Waals surface area contributed by atoms with E-state index in [1.165, 1.54) is 25.7 Å². The highest BCUT2D eigenvalue weighted by Gasteiger charge is 2.47. The van der Waals surface area contributed by atoms with Crippen molar-refractivity contribution in [1.82, 2.24) is 16.1 Å². The van der Waals surface area contributed by atoms with Gasteiger partial charge in [0.05, 0.1) is 6.17 Å². The highest BCUT2D eigenvalue weighted by Crippen LogP contribution is 2.46. The van der Waals surface area contributed by atoms with Gasteiger partial charge >= 0.3 is 0 Å². The van der Waals surface area contributed by atoms with Crippen molar-refractivity contribution in [2.24, 2.45) is 11.8 Å². The summed E-state index contributed by atoms with van der Waals surface area (Å²) in [5, 5.41) is 25.1. The zero-order chi connectivity index (χ0) is 15.9. The molecule has 1 saturated carbocycles. The van der Waals surface area contributed by atoms with Crippen LogP contribution in [0.15, 0.2) is 0 Å². The molecule has 0 amide bonds. The summed E-state index contributed by atoms with van der Waals surface area (Å²) in [6.07, 6.45) is 5.90. The largest absolute Gasteiger partial charge is 0.379 e. The lowest BCUT2D eigenvalue weighted by Gasteiger charge is -2.29. The summed E-state index contributed by atoms with van der Waals surface area (Å²) in [7, 11) is 0. The lowest BCUT2D eigenvalue weighted by molar-refractivity contribution is 0.0551. The molecule has 0 aliphatic heterocycles. The Bertz CT molecular complexity index is 283. The first kappa shape index (κ1) is 18.8. The Morgan fingerprint density at radius 2 is 1.86 bits per heavy atom. The normalized spacial score (nSPS) is 21.3. The molecule has 0 heterocycles. The van der Waals surface area contributed by atoms with Gasteiger partial charge in [-0.1, -0.05) is 27.2 Å². The summed E-state index contributed by atoms with van der Waals surface area (Å²) in [6.45, 7) is 9.62. The quantitative estimate of drug-likeness (QED) is 0.217. The number of rotatable bonds is 12. The van der Waals surface area contributed by atoms with E-state index < -0.39 is 6.23 Å². The molecule has 126 valence electrons. The molecule has 0 radical (unpaired) electrons. The van der Waals surface area contributed by atoms with Gasteiger partial charge in [-0.05, 0) is 57.4 Å². The van der Waals surface area contributed by atoms with E-state index in [4.69, 9.17) is 5.21 Å². The molecule has 5 heteroatoms. The number of nitrogens with one attached hydrogen (secondary N) is 3. The maximum Gasteiger partial charge on any atom is 0.106 e. The first-order chi connectivity index (χ1) is 9.93. The predicted octanol–water partition coefficient (Wildman–Crippen LogP) is 2.19. The minimum Gasteiger partial charge on any atom is -0.379 e. The van der Waals surface area contributed by atoms with Crippen molar-refractivity contribution in [2.45, 2.75) is 84.2 Å². The lowest BCUT2D eigenvalue weighted by Crippen LogP contribution is -2.44. The van der Waals surface area contributed by atoms with Gasteiger partial charge in [-0.3, -0.25) is 5.32 Å². The molecular weight excluding hydrogens is 266 g/mol. The summed E-state index contributed by atoms with van der Waals surface area (Å²) < 4.78 is 0. The predicted molar refractivity (Wildman–Crippen MR) is 86.0 cm³/mol. The van der Waals surface area contributed by atoms with Crippen LogP contribution in [-0.2, 0) is 0 Å². The number of hydroxylamine groups is 1. The Kier molecular flexibility index (Phi) is 8.13. The second kappa shape index (κ2) is 9.06. The Morgan fingerprint density at radius 3 is 2.33 bits per heavy atom. The molecule has 0 aromatic heterocycles. The lowest BCUT2D eigenvalue weighted by atomic mass is 9.86. The van der Waals surface area contributed by atoms with Crippen LogP contribution in [0.3, 0.4) is 0 Å². The fourth-order valence-corrected chi connectivity index (χ4v) is 3.26. The summed E-state index contributed by atoms with van der Waals surface area (Å²) in [4.78, 5) is 0. The van der Waals surface area contributed by atoms with Crippen LogP contribution in [0.4, 0.5) is 0 Å². The van der Waals surface area contributed by atoms with Crippen molar-refractivity contribution in [3.63, 3.8) is 0 Å². The van der Waals surface area contributed by atoms with Crippen molar-refractivity contribution in [3.05, 3.63) is 0 Å². The van der Waals surface area contributed by atoms with Gasteiger partial charge in [0.2, 0.25) is 0 Å². The molecule has 1 rings (SSSR count). The molecule has 0 spiro atoms. The topological polar surface area (TPSA) is 76.5 Å². The summed E-state index contributed by atoms with van der Waals surface area (Å²) in [5.41, 5.74) is 2.45. The van der Waals surface area contributed by atoms with Crippen LogP contribution in [0.1, 0.15) is 66.2 Å². The molecule has 1 aliphatic carbocycles. The Morgan fingerprint density at radius 1 is 1.19 bits per heavy atom. The third-order valence-corrected chi connectivity index (χ3v) is 4.59. The summed E-state index contributed by atoms with van der Waals surface area (Å²) >= 11 is 0. The molecule has 3 atom stereocenters. The fourth-order valence-electron chi connectivity index (χ4n) is 3.26. The second-order valence-electron chi connectivity index (χ2n) is 6.99. The van der Waals surface area contributed by atoms with Gasteiger partial charge in [0.25, 0.3) is 0 Å². The third kappa shape index (κ3) is 6.61. The van der Waals surface area contributed by atoms with Crippen molar-refractivity contribution in [1.29, 1.82) is 0 Å². The van der Waals surface area contributed by atoms with Crippen LogP contribution in [0.5, 0.6) is 0 Å². The van der Waals surface area contributed by atoms with Crippen LogP contribution < -0.4 is 16.1 Å². The maximum atomic E-state index is 9.78. The number of hydrogen-bond donors (Lipinski definition) is 5. The van der Waals surface area contributed by atoms with E-state index in [0.717, 1.165) is 24.8 Å². The van der Waals surface area contributed by atoms with Gasteiger partial charge in [0.15, 0.2) is 0 Å². The Labute approximate surface area is 129 Å². The Hall–Kier alpha value is -0.200. The van der Waals surface area contributed by atoms with Crippen LogP contribution in [0.2, 0.25) is 0 Å². The fraction of sp³-hybridized carbons (Fsp3) is 1.00. The van der Waals surface area contributed by atoms with E-state index in [9.17, 15) is 5.11 Å². The highest BCUT2D eigenvalue weighted by molar-refractivity contribution is 5.06. The minimum absolute atomic E-state index is 0.293. The van der Waals surface area contributed by atoms with E-state index in [0.29, 0.717) is 12.0 Å². The van der Waals surface area contributed by atoms with Crippen molar-refractivity contribution in [3.8, 4) is 0 Å². The highest BCUT2D eigenvalue weighted by atomic mass is 16.5. The van der Waals surface area contributed by atoms with E-state index in [1.54, 1.807) is 6.92 Å². The molecule has 0 saturated heterocycles. The van der Waals surface area contributed by atoms with Crippen molar-refractivity contribution < 1.29 is 10.3 Å². The van der Waals surface area contributed by atoms with Gasteiger partial charge < -0.3 is 15.6 Å². The number of hydrogen-bond acceptors (Lipinski definition) is 5. The third-order valence-electron chi connectivity index (χ3n) is 4.59. The first-order valence-corrected chi connectivity index (χ1v) is 8.52. The van der Waals surface area contributed by atoms with Crippen LogP contribution in [0.25, 0.3) is 0 Å². The van der Waals surface area contributed by atoms with Crippen LogP contribution in [-0.4, -0.2) is 34.8 Å². The molecule has 5 N–H and O–H groups in total. The van der Waals surface area contributed by atoms with Gasteiger partial charge in [0.1, 0.15) is 6.23 Å². The second-order valence-corrected chi connectivity index (χ2v) is 6.99. The Balaban J connectivity index is 2.22. The molecule has 0 aromatic rings. The van der Waals surface area contributed by atoms with Crippen LogP contribution in [0, 0.1) is 11.8 Å². The number of aliphatic hydroxyl groups excluding tert-OH is 1. The van der Waals surface area contributed by atoms with E-state index in [-0.39, 0.29) is 6.17 Å². The van der Waals surface area contributed by atoms with Gasteiger partial charge in [0, 0.05) is 5.54 Å². The summed E-state index contributed by atoms with van der Waals surface area (Å²) in [5.74, 6) is 1.53. The SMILES string of the molecule is CCC(CC(C)C)C1(NCCCC(O)NC(C)NO)CC1. The van der Waals surface area contributed by atoms with Crippen LogP contribution >= 0.6 is 0 Å². The zero-order valence-electron chi connectivity index (χ0n) is 14.2.